The highest BCUT2D eigenvalue weighted by Crippen LogP contribution is 2.55. The molecule has 1 heterocycles. The number of amides is 1. The Morgan fingerprint density at radius 2 is 1.50 bits per heavy atom. The van der Waals surface area contributed by atoms with Crippen molar-refractivity contribution in [1.29, 1.82) is 0 Å². The maximum atomic E-state index is 13.1. The van der Waals surface area contributed by atoms with Crippen LogP contribution in [0.5, 0.6) is 0 Å². The minimum Gasteiger partial charge on any atom is -0.444 e. The molecule has 1 aliphatic heterocycles. The zero-order chi connectivity index (χ0) is 24.6. The Bertz CT molecular complexity index is 940. The van der Waals surface area contributed by atoms with Crippen molar-refractivity contribution in [3.05, 3.63) is 60.7 Å². The van der Waals surface area contributed by atoms with Crippen molar-refractivity contribution in [1.82, 2.24) is 4.90 Å². The lowest BCUT2D eigenvalue weighted by atomic mass is 9.98. The van der Waals surface area contributed by atoms with Gasteiger partial charge in [0, 0.05) is 19.1 Å². The van der Waals surface area contributed by atoms with E-state index in [2.05, 4.69) is 81.4 Å². The van der Waals surface area contributed by atoms with E-state index in [1.165, 1.54) is 10.4 Å². The van der Waals surface area contributed by atoms with Crippen molar-refractivity contribution in [3.8, 4) is 0 Å². The van der Waals surface area contributed by atoms with Gasteiger partial charge in [0.05, 0.1) is 5.54 Å². The molecule has 184 valence electrons. The standard InChI is InChI=1S/C29H41NO3Si/c1-27(2,3)33-26(31)30-20-14-13-19-29(30)21-23(29)22-32-34(28(4,5)6,24-15-9-7-10-16-24)25-17-11-8-12-18-25/h7-12,15-18,23H,13-14,19-22H2,1-6H3. The van der Waals surface area contributed by atoms with Crippen LogP contribution in [0.15, 0.2) is 60.7 Å². The summed E-state index contributed by atoms with van der Waals surface area (Å²) in [4.78, 5) is 15.1. The van der Waals surface area contributed by atoms with Gasteiger partial charge >= 0.3 is 6.09 Å². The molecule has 1 aliphatic carbocycles. The Hall–Kier alpha value is -2.11. The van der Waals surface area contributed by atoms with Crippen molar-refractivity contribution >= 4 is 24.8 Å². The van der Waals surface area contributed by atoms with E-state index in [1.54, 1.807) is 0 Å². The van der Waals surface area contributed by atoms with Gasteiger partial charge in [-0.05, 0) is 61.9 Å². The molecule has 2 aromatic rings. The predicted octanol–water partition coefficient (Wildman–Crippen LogP) is 5.74. The van der Waals surface area contributed by atoms with Gasteiger partial charge in [-0.25, -0.2) is 4.79 Å². The van der Waals surface area contributed by atoms with Crippen LogP contribution in [-0.4, -0.2) is 43.6 Å². The Morgan fingerprint density at radius 1 is 0.941 bits per heavy atom. The van der Waals surface area contributed by atoms with Gasteiger partial charge in [0.15, 0.2) is 0 Å². The molecule has 5 heteroatoms. The lowest BCUT2D eigenvalue weighted by Crippen LogP contribution is -2.66. The predicted molar refractivity (Wildman–Crippen MR) is 141 cm³/mol. The summed E-state index contributed by atoms with van der Waals surface area (Å²) in [6, 6.07) is 21.6. The smallest absolute Gasteiger partial charge is 0.410 e. The fourth-order valence-corrected chi connectivity index (χ4v) is 10.5. The molecule has 2 unspecified atom stereocenters. The maximum absolute atomic E-state index is 13.1. The Balaban J connectivity index is 1.62. The van der Waals surface area contributed by atoms with Crippen LogP contribution >= 0.6 is 0 Å². The van der Waals surface area contributed by atoms with E-state index >= 15 is 0 Å². The van der Waals surface area contributed by atoms with Crippen molar-refractivity contribution in [3.63, 3.8) is 0 Å². The summed E-state index contributed by atoms with van der Waals surface area (Å²) in [7, 11) is -2.57. The van der Waals surface area contributed by atoms with E-state index in [9.17, 15) is 4.79 Å². The van der Waals surface area contributed by atoms with E-state index in [4.69, 9.17) is 9.16 Å². The second-order valence-corrected chi connectivity index (χ2v) is 16.4. The molecule has 2 aromatic carbocycles. The fourth-order valence-electron chi connectivity index (χ4n) is 5.85. The van der Waals surface area contributed by atoms with Crippen molar-refractivity contribution < 1.29 is 14.0 Å². The van der Waals surface area contributed by atoms with E-state index in [0.717, 1.165) is 32.2 Å². The van der Waals surface area contributed by atoms with Gasteiger partial charge in [-0.3, -0.25) is 0 Å². The third-order valence-corrected chi connectivity index (χ3v) is 12.5. The molecule has 4 rings (SSSR count). The van der Waals surface area contributed by atoms with Crippen LogP contribution in [0.1, 0.15) is 67.2 Å². The van der Waals surface area contributed by atoms with Gasteiger partial charge in [0.1, 0.15) is 5.60 Å². The Kier molecular flexibility index (Phi) is 6.73. The zero-order valence-electron chi connectivity index (χ0n) is 21.8. The first-order chi connectivity index (χ1) is 16.0. The second-order valence-electron chi connectivity index (χ2n) is 12.1. The summed E-state index contributed by atoms with van der Waals surface area (Å²) in [6.07, 6.45) is 4.09. The molecule has 0 N–H and O–H groups in total. The number of carbonyl (C=O) groups excluding carboxylic acids is 1. The number of rotatable bonds is 5. The molecule has 34 heavy (non-hydrogen) atoms. The lowest BCUT2D eigenvalue weighted by molar-refractivity contribution is 0.00190. The summed E-state index contributed by atoms with van der Waals surface area (Å²) in [5.41, 5.74) is -0.586. The van der Waals surface area contributed by atoms with Crippen LogP contribution in [0, 0.1) is 5.92 Å². The van der Waals surface area contributed by atoms with Crippen LogP contribution < -0.4 is 10.4 Å². The number of nitrogens with zero attached hydrogens (tertiary/aromatic N) is 1. The SMILES string of the molecule is CC(C)(C)OC(=O)N1CCCCC12CC2CO[Si](c1ccccc1)(c1ccccc1)C(C)(C)C. The van der Waals surface area contributed by atoms with Gasteiger partial charge in [0.2, 0.25) is 0 Å². The molecule has 1 spiro atoms. The number of benzene rings is 2. The van der Waals surface area contributed by atoms with Crippen molar-refractivity contribution in [2.75, 3.05) is 13.2 Å². The number of hydrogen-bond donors (Lipinski definition) is 0. The molecule has 1 amide bonds. The molecule has 2 fully saturated rings. The normalized spacial score (nSPS) is 23.1. The largest absolute Gasteiger partial charge is 0.444 e. The summed E-state index contributed by atoms with van der Waals surface area (Å²) >= 11 is 0. The third kappa shape index (κ3) is 4.69. The molecule has 0 bridgehead atoms. The molecule has 1 saturated heterocycles. The molecular weight excluding hydrogens is 438 g/mol. The van der Waals surface area contributed by atoms with Crippen LogP contribution in [0.3, 0.4) is 0 Å². The molecule has 1 saturated carbocycles. The first-order valence-electron chi connectivity index (χ1n) is 12.8. The number of likely N-dealkylation sites (tertiary alicyclic amines) is 1. The molecule has 2 atom stereocenters. The van der Waals surface area contributed by atoms with Gasteiger partial charge in [-0.2, -0.15) is 0 Å². The topological polar surface area (TPSA) is 38.8 Å². The van der Waals surface area contributed by atoms with Crippen molar-refractivity contribution in [2.24, 2.45) is 5.92 Å². The first-order valence-corrected chi connectivity index (χ1v) is 14.7. The van der Waals surface area contributed by atoms with Crippen molar-refractivity contribution in [2.45, 2.75) is 83.4 Å². The minimum absolute atomic E-state index is 0.0465. The highest BCUT2D eigenvalue weighted by Gasteiger charge is 2.62. The van der Waals surface area contributed by atoms with Gasteiger partial charge in [0.25, 0.3) is 8.32 Å². The average molecular weight is 480 g/mol. The van der Waals surface area contributed by atoms with Gasteiger partial charge in [-0.15, -0.1) is 0 Å². The molecular formula is C29H41NO3Si. The fraction of sp³-hybridized carbons (Fsp3) is 0.552. The minimum atomic E-state index is -2.57. The average Bonchev–Trinajstić information content (AvgIpc) is 3.45. The zero-order valence-corrected chi connectivity index (χ0v) is 22.8. The number of ether oxygens (including phenoxy) is 1. The number of carbonyl (C=O) groups is 1. The van der Waals surface area contributed by atoms with E-state index in [0.29, 0.717) is 12.5 Å². The number of hydrogen-bond acceptors (Lipinski definition) is 3. The second kappa shape index (κ2) is 9.16. The molecule has 0 radical (unpaired) electrons. The molecule has 0 aromatic heterocycles. The van der Waals surface area contributed by atoms with Crippen LogP contribution in [-0.2, 0) is 9.16 Å². The van der Waals surface area contributed by atoms with Crippen LogP contribution in [0.25, 0.3) is 0 Å². The van der Waals surface area contributed by atoms with Crippen LogP contribution in [0.2, 0.25) is 5.04 Å². The Morgan fingerprint density at radius 3 is 2.00 bits per heavy atom. The Labute approximate surface area is 206 Å². The summed E-state index contributed by atoms with van der Waals surface area (Å²) in [5.74, 6) is 0.349. The van der Waals surface area contributed by atoms with Crippen LogP contribution in [0.4, 0.5) is 4.79 Å². The third-order valence-electron chi connectivity index (χ3n) is 7.51. The highest BCUT2D eigenvalue weighted by molar-refractivity contribution is 6.99. The summed E-state index contributed by atoms with van der Waals surface area (Å²) in [6.45, 7) is 14.2. The monoisotopic (exact) mass is 479 g/mol. The molecule has 4 nitrogen and oxygen atoms in total. The van der Waals surface area contributed by atoms with Gasteiger partial charge < -0.3 is 14.1 Å². The summed E-state index contributed by atoms with van der Waals surface area (Å²) < 4.78 is 13.0. The first kappa shape index (κ1) is 25.0. The van der Waals surface area contributed by atoms with E-state index < -0.39 is 13.9 Å². The number of piperidine rings is 1. The van der Waals surface area contributed by atoms with E-state index in [-0.39, 0.29) is 16.7 Å². The lowest BCUT2D eigenvalue weighted by Gasteiger charge is -2.43. The molecule has 2 aliphatic rings. The van der Waals surface area contributed by atoms with Gasteiger partial charge in [-0.1, -0.05) is 81.4 Å². The quantitative estimate of drug-likeness (QED) is 0.513. The summed E-state index contributed by atoms with van der Waals surface area (Å²) in [5, 5.41) is 2.56. The van der Waals surface area contributed by atoms with E-state index in [1.807, 2.05) is 25.7 Å². The highest BCUT2D eigenvalue weighted by atomic mass is 28.4. The maximum Gasteiger partial charge on any atom is 0.410 e.